The molecule has 0 bridgehead atoms. The Kier molecular flexibility index (Phi) is 6.92. The van der Waals surface area contributed by atoms with Crippen LogP contribution in [0, 0.1) is 0 Å². The molecule has 0 N–H and O–H groups in total. The number of carbonyl (C=O) groups is 2. The van der Waals surface area contributed by atoms with E-state index in [0.717, 1.165) is 5.57 Å². The van der Waals surface area contributed by atoms with E-state index in [1.165, 1.54) is 14.2 Å². The Morgan fingerprint density at radius 3 is 1.81 bits per heavy atom. The van der Waals surface area contributed by atoms with Gasteiger partial charge in [0.05, 0.1) is 27.1 Å². The van der Waals surface area contributed by atoms with Crippen LogP contribution in [0.1, 0.15) is 26.7 Å². The summed E-state index contributed by atoms with van der Waals surface area (Å²) >= 11 is 0. The van der Waals surface area contributed by atoms with Crippen molar-refractivity contribution in [3.05, 3.63) is 23.3 Å². The average Bonchev–Trinajstić information content (AvgIpc) is 2.28. The number of esters is 2. The van der Waals surface area contributed by atoms with Crippen LogP contribution in [0.5, 0.6) is 0 Å². The second-order valence-electron chi connectivity index (χ2n) is 3.34. The fourth-order valence-electron chi connectivity index (χ4n) is 1.08. The van der Waals surface area contributed by atoms with Crippen molar-refractivity contribution in [2.24, 2.45) is 0 Å². The maximum absolute atomic E-state index is 11.1. The fourth-order valence-corrected chi connectivity index (χ4v) is 1.08. The van der Waals surface area contributed by atoms with Crippen LogP contribution < -0.4 is 0 Å². The Hall–Kier alpha value is -1.58. The van der Waals surface area contributed by atoms with Gasteiger partial charge in [0.25, 0.3) is 0 Å². The second kappa shape index (κ2) is 7.68. The highest BCUT2D eigenvalue weighted by molar-refractivity contribution is 5.77. The van der Waals surface area contributed by atoms with Crippen LogP contribution >= 0.6 is 0 Å². The summed E-state index contributed by atoms with van der Waals surface area (Å²) in [6.07, 6.45) is 3.91. The topological polar surface area (TPSA) is 52.6 Å². The summed E-state index contributed by atoms with van der Waals surface area (Å²) < 4.78 is 9.12. The molecule has 0 saturated heterocycles. The summed E-state index contributed by atoms with van der Waals surface area (Å²) in [5, 5.41) is 0. The summed E-state index contributed by atoms with van der Waals surface area (Å²) in [5.41, 5.74) is 1.68. The Morgan fingerprint density at radius 2 is 1.50 bits per heavy atom. The standard InChI is InChI=1S/C12H18O4/c1-5-9(2)6-10(7-11(13)15-3)8-12(14)16-4/h5-6H,7-8H2,1-4H3/b9-5+. The van der Waals surface area contributed by atoms with Crippen LogP contribution in [-0.4, -0.2) is 26.2 Å². The van der Waals surface area contributed by atoms with Gasteiger partial charge in [-0.05, 0) is 19.4 Å². The third-order valence-electron chi connectivity index (χ3n) is 2.09. The first-order valence-electron chi connectivity index (χ1n) is 4.99. The van der Waals surface area contributed by atoms with Crippen LogP contribution in [0.25, 0.3) is 0 Å². The molecule has 90 valence electrons. The quantitative estimate of drug-likeness (QED) is 0.531. The van der Waals surface area contributed by atoms with E-state index in [2.05, 4.69) is 9.47 Å². The molecule has 0 saturated carbocycles. The van der Waals surface area contributed by atoms with E-state index in [0.29, 0.717) is 5.57 Å². The summed E-state index contributed by atoms with van der Waals surface area (Å²) in [6, 6.07) is 0. The lowest BCUT2D eigenvalue weighted by Gasteiger charge is -2.05. The molecular formula is C12H18O4. The highest BCUT2D eigenvalue weighted by atomic mass is 16.5. The molecule has 0 unspecified atom stereocenters. The van der Waals surface area contributed by atoms with Crippen LogP contribution in [0.15, 0.2) is 23.3 Å². The lowest BCUT2D eigenvalue weighted by Crippen LogP contribution is -2.07. The third kappa shape index (κ3) is 6.01. The summed E-state index contributed by atoms with van der Waals surface area (Å²) in [6.45, 7) is 3.79. The molecule has 0 fully saturated rings. The predicted octanol–water partition coefficient (Wildman–Crippen LogP) is 2.01. The van der Waals surface area contributed by atoms with Gasteiger partial charge in [0, 0.05) is 0 Å². The molecule has 0 aliphatic carbocycles. The van der Waals surface area contributed by atoms with Gasteiger partial charge in [0.15, 0.2) is 0 Å². The highest BCUT2D eigenvalue weighted by Gasteiger charge is 2.10. The Balaban J connectivity index is 4.69. The molecule has 0 aliphatic rings. The van der Waals surface area contributed by atoms with Gasteiger partial charge in [0.2, 0.25) is 0 Å². The summed E-state index contributed by atoms with van der Waals surface area (Å²) in [4.78, 5) is 22.3. The minimum atomic E-state index is -0.362. The molecule has 16 heavy (non-hydrogen) atoms. The first-order chi connectivity index (χ1) is 7.53. The van der Waals surface area contributed by atoms with E-state index < -0.39 is 0 Å². The number of allylic oxidation sites excluding steroid dienone is 3. The van der Waals surface area contributed by atoms with Crippen molar-refractivity contribution in [1.29, 1.82) is 0 Å². The van der Waals surface area contributed by atoms with Gasteiger partial charge in [-0.2, -0.15) is 0 Å². The predicted molar refractivity (Wildman–Crippen MR) is 60.8 cm³/mol. The molecule has 0 aromatic carbocycles. The molecule has 0 rings (SSSR count). The van der Waals surface area contributed by atoms with Crippen LogP contribution in [0.2, 0.25) is 0 Å². The first kappa shape index (κ1) is 14.4. The van der Waals surface area contributed by atoms with Crippen molar-refractivity contribution in [2.75, 3.05) is 14.2 Å². The van der Waals surface area contributed by atoms with Crippen LogP contribution in [0.4, 0.5) is 0 Å². The minimum absolute atomic E-state index is 0.108. The molecule has 0 amide bonds. The zero-order chi connectivity index (χ0) is 12.6. The van der Waals surface area contributed by atoms with Crippen molar-refractivity contribution in [1.82, 2.24) is 0 Å². The highest BCUT2D eigenvalue weighted by Crippen LogP contribution is 2.12. The monoisotopic (exact) mass is 226 g/mol. The fraction of sp³-hybridized carbons (Fsp3) is 0.500. The van der Waals surface area contributed by atoms with Crippen molar-refractivity contribution in [2.45, 2.75) is 26.7 Å². The Labute approximate surface area is 95.9 Å². The largest absolute Gasteiger partial charge is 0.469 e. The molecule has 0 heterocycles. The lowest BCUT2D eigenvalue weighted by atomic mass is 10.1. The molecule has 0 spiro atoms. The van der Waals surface area contributed by atoms with Crippen LogP contribution in [-0.2, 0) is 19.1 Å². The molecule has 0 aromatic heterocycles. The average molecular weight is 226 g/mol. The van der Waals surface area contributed by atoms with Crippen molar-refractivity contribution in [3.8, 4) is 0 Å². The van der Waals surface area contributed by atoms with Crippen LogP contribution in [0.3, 0.4) is 0 Å². The van der Waals surface area contributed by atoms with Gasteiger partial charge in [0.1, 0.15) is 0 Å². The number of carbonyl (C=O) groups excluding carboxylic acids is 2. The number of rotatable bonds is 5. The van der Waals surface area contributed by atoms with Gasteiger partial charge in [-0.1, -0.05) is 17.7 Å². The van der Waals surface area contributed by atoms with E-state index in [-0.39, 0.29) is 24.8 Å². The zero-order valence-corrected chi connectivity index (χ0v) is 10.2. The van der Waals surface area contributed by atoms with Gasteiger partial charge < -0.3 is 9.47 Å². The summed E-state index contributed by atoms with van der Waals surface area (Å²) in [5.74, 6) is -0.724. The van der Waals surface area contributed by atoms with Crippen molar-refractivity contribution in [3.63, 3.8) is 0 Å². The Bertz CT molecular complexity index is 293. The first-order valence-corrected chi connectivity index (χ1v) is 4.99. The van der Waals surface area contributed by atoms with Gasteiger partial charge in [-0.25, -0.2) is 0 Å². The number of hydrogen-bond donors (Lipinski definition) is 0. The second-order valence-corrected chi connectivity index (χ2v) is 3.34. The van der Waals surface area contributed by atoms with E-state index >= 15 is 0 Å². The molecule has 0 aliphatic heterocycles. The maximum atomic E-state index is 11.1. The zero-order valence-electron chi connectivity index (χ0n) is 10.2. The number of ether oxygens (including phenoxy) is 2. The molecular weight excluding hydrogens is 208 g/mol. The molecule has 0 atom stereocenters. The maximum Gasteiger partial charge on any atom is 0.309 e. The van der Waals surface area contributed by atoms with Crippen molar-refractivity contribution >= 4 is 11.9 Å². The van der Waals surface area contributed by atoms with E-state index in [1.54, 1.807) is 6.08 Å². The molecule has 0 aromatic rings. The molecule has 4 nitrogen and oxygen atoms in total. The van der Waals surface area contributed by atoms with Gasteiger partial charge in [-0.15, -0.1) is 0 Å². The van der Waals surface area contributed by atoms with E-state index in [9.17, 15) is 9.59 Å². The van der Waals surface area contributed by atoms with Crippen molar-refractivity contribution < 1.29 is 19.1 Å². The lowest BCUT2D eigenvalue weighted by molar-refractivity contribution is -0.140. The smallest absolute Gasteiger partial charge is 0.309 e. The van der Waals surface area contributed by atoms with Gasteiger partial charge >= 0.3 is 11.9 Å². The van der Waals surface area contributed by atoms with Gasteiger partial charge in [-0.3, -0.25) is 9.59 Å². The minimum Gasteiger partial charge on any atom is -0.469 e. The number of hydrogen-bond acceptors (Lipinski definition) is 4. The third-order valence-corrected chi connectivity index (χ3v) is 2.09. The molecule has 0 radical (unpaired) electrons. The van der Waals surface area contributed by atoms with E-state index in [1.807, 2.05) is 19.9 Å². The number of methoxy groups -OCH3 is 2. The summed E-state index contributed by atoms with van der Waals surface area (Å²) in [7, 11) is 2.64. The normalized spacial score (nSPS) is 10.6. The SMILES string of the molecule is C/C=C(\C)C=C(CC(=O)OC)CC(=O)OC. The molecule has 4 heteroatoms. The Morgan fingerprint density at radius 1 is 1.06 bits per heavy atom. The van der Waals surface area contributed by atoms with E-state index in [4.69, 9.17) is 0 Å².